The Labute approximate surface area is 197 Å². The molecule has 1 aliphatic rings. The van der Waals surface area contributed by atoms with Crippen LogP contribution in [0.5, 0.6) is 23.1 Å². The van der Waals surface area contributed by atoms with Gasteiger partial charge in [0.2, 0.25) is 5.88 Å². The number of aromatic nitrogens is 1. The second kappa shape index (κ2) is 9.14. The van der Waals surface area contributed by atoms with Crippen LogP contribution in [0, 0.1) is 20.8 Å². The SMILES string of the molecule is CCC1(CCOc2ccc(Cc3sc(=O)[nH]c3O)cc2)CCc2c(C)c(O)c(C)c(C)c2O1. The molecular weight excluding hydrogens is 438 g/mol. The number of aromatic amines is 1. The molecule has 0 radical (unpaired) electrons. The summed E-state index contributed by atoms with van der Waals surface area (Å²) in [6, 6.07) is 7.72. The van der Waals surface area contributed by atoms with Gasteiger partial charge in [0.15, 0.2) is 0 Å². The molecule has 0 spiro atoms. The van der Waals surface area contributed by atoms with Crippen molar-refractivity contribution in [3.05, 3.63) is 66.6 Å². The minimum Gasteiger partial charge on any atom is -0.507 e. The van der Waals surface area contributed by atoms with Crippen molar-refractivity contribution in [3.8, 4) is 23.1 Å². The lowest BCUT2D eigenvalue weighted by molar-refractivity contribution is 0.0203. The van der Waals surface area contributed by atoms with Crippen LogP contribution in [0.4, 0.5) is 0 Å². The molecule has 3 aromatic rings. The third-order valence-electron chi connectivity index (χ3n) is 6.95. The van der Waals surface area contributed by atoms with Crippen LogP contribution in [0.25, 0.3) is 0 Å². The van der Waals surface area contributed by atoms with E-state index in [1.54, 1.807) is 0 Å². The van der Waals surface area contributed by atoms with E-state index in [4.69, 9.17) is 9.47 Å². The normalized spacial score (nSPS) is 17.5. The highest BCUT2D eigenvalue weighted by atomic mass is 32.1. The number of nitrogens with one attached hydrogen (secondary N) is 1. The van der Waals surface area contributed by atoms with E-state index in [-0.39, 0.29) is 16.4 Å². The van der Waals surface area contributed by atoms with E-state index >= 15 is 0 Å². The molecule has 33 heavy (non-hydrogen) atoms. The van der Waals surface area contributed by atoms with Gasteiger partial charge in [0, 0.05) is 18.4 Å². The van der Waals surface area contributed by atoms with Crippen LogP contribution in [0.1, 0.15) is 58.9 Å². The molecule has 1 aromatic heterocycles. The van der Waals surface area contributed by atoms with E-state index in [1.165, 1.54) is 0 Å². The molecule has 0 saturated carbocycles. The lowest BCUT2D eigenvalue weighted by Crippen LogP contribution is -2.41. The number of rotatable bonds is 7. The maximum Gasteiger partial charge on any atom is 0.307 e. The zero-order valence-electron chi connectivity index (χ0n) is 19.6. The summed E-state index contributed by atoms with van der Waals surface area (Å²) >= 11 is 1.02. The van der Waals surface area contributed by atoms with Crippen LogP contribution < -0.4 is 14.3 Å². The van der Waals surface area contributed by atoms with E-state index in [0.29, 0.717) is 23.7 Å². The molecule has 2 aromatic carbocycles. The number of aromatic hydroxyl groups is 2. The largest absolute Gasteiger partial charge is 0.507 e. The van der Waals surface area contributed by atoms with Crippen molar-refractivity contribution in [2.24, 2.45) is 0 Å². The summed E-state index contributed by atoms with van der Waals surface area (Å²) in [6.45, 7) is 8.61. The van der Waals surface area contributed by atoms with Crippen molar-refractivity contribution in [2.45, 2.75) is 65.4 Å². The van der Waals surface area contributed by atoms with Gasteiger partial charge < -0.3 is 19.7 Å². The zero-order chi connectivity index (χ0) is 23.8. The number of phenolic OH excluding ortho intramolecular Hbond substituents is 1. The predicted octanol–water partition coefficient (Wildman–Crippen LogP) is 5.31. The average molecular weight is 470 g/mol. The number of H-pyrrole nitrogens is 1. The van der Waals surface area contributed by atoms with Crippen LogP contribution in [0.3, 0.4) is 0 Å². The number of phenols is 1. The second-order valence-electron chi connectivity index (χ2n) is 8.88. The van der Waals surface area contributed by atoms with Crippen molar-refractivity contribution in [1.82, 2.24) is 4.98 Å². The first kappa shape index (κ1) is 23.2. The van der Waals surface area contributed by atoms with E-state index in [2.05, 4.69) is 11.9 Å². The standard InChI is InChI=1S/C26H31NO5S/c1-5-26(11-10-20-17(4)22(28)15(2)16(3)23(20)32-26)12-13-31-19-8-6-18(7-9-19)14-21-24(29)27-25(30)33-21/h6-9,28-29H,5,10-14H2,1-4H3,(H,27,30). The maximum atomic E-state index is 11.4. The third-order valence-corrected chi connectivity index (χ3v) is 7.82. The Balaban J connectivity index is 1.40. The zero-order valence-corrected chi connectivity index (χ0v) is 20.4. The van der Waals surface area contributed by atoms with E-state index in [9.17, 15) is 15.0 Å². The first-order valence-electron chi connectivity index (χ1n) is 11.4. The fourth-order valence-corrected chi connectivity index (χ4v) is 5.30. The molecule has 6 nitrogen and oxygen atoms in total. The molecule has 1 aliphatic heterocycles. The van der Waals surface area contributed by atoms with Crippen LogP contribution in [-0.4, -0.2) is 27.4 Å². The fourth-order valence-electron chi connectivity index (χ4n) is 4.55. The van der Waals surface area contributed by atoms with Gasteiger partial charge in [0.1, 0.15) is 22.8 Å². The second-order valence-corrected chi connectivity index (χ2v) is 9.94. The molecule has 0 aliphatic carbocycles. The maximum absolute atomic E-state index is 11.4. The van der Waals surface area contributed by atoms with Crippen molar-refractivity contribution in [2.75, 3.05) is 6.61 Å². The summed E-state index contributed by atoms with van der Waals surface area (Å²) in [5.41, 5.74) is 4.66. The highest BCUT2D eigenvalue weighted by molar-refractivity contribution is 7.09. The molecule has 1 atom stereocenters. The van der Waals surface area contributed by atoms with Gasteiger partial charge in [-0.3, -0.25) is 9.78 Å². The van der Waals surface area contributed by atoms with Crippen molar-refractivity contribution in [1.29, 1.82) is 0 Å². The molecule has 0 fully saturated rings. The summed E-state index contributed by atoms with van der Waals surface area (Å²) in [6.07, 6.45) is 3.93. The number of thiazole rings is 1. The van der Waals surface area contributed by atoms with Crippen molar-refractivity contribution in [3.63, 3.8) is 0 Å². The molecule has 3 N–H and O–H groups in total. The van der Waals surface area contributed by atoms with Crippen molar-refractivity contribution < 1.29 is 19.7 Å². The van der Waals surface area contributed by atoms with Gasteiger partial charge in [-0.1, -0.05) is 30.4 Å². The van der Waals surface area contributed by atoms with Gasteiger partial charge in [0.05, 0.1) is 11.5 Å². The number of hydrogen-bond donors (Lipinski definition) is 3. The summed E-state index contributed by atoms with van der Waals surface area (Å²) in [5, 5.41) is 20.2. The summed E-state index contributed by atoms with van der Waals surface area (Å²) in [5.74, 6) is 2.03. The topological polar surface area (TPSA) is 91.8 Å². The quantitative estimate of drug-likeness (QED) is 0.436. The highest BCUT2D eigenvalue weighted by Gasteiger charge is 2.37. The Morgan fingerprint density at radius 1 is 1.12 bits per heavy atom. The van der Waals surface area contributed by atoms with Crippen LogP contribution in [-0.2, 0) is 12.8 Å². The van der Waals surface area contributed by atoms with Gasteiger partial charge in [0.25, 0.3) is 0 Å². The number of hydrogen-bond acceptors (Lipinski definition) is 6. The highest BCUT2D eigenvalue weighted by Crippen LogP contribution is 2.45. The van der Waals surface area contributed by atoms with Crippen molar-refractivity contribution >= 4 is 11.3 Å². The van der Waals surface area contributed by atoms with Gasteiger partial charge in [-0.15, -0.1) is 0 Å². The molecule has 1 unspecified atom stereocenters. The van der Waals surface area contributed by atoms with Gasteiger partial charge >= 0.3 is 4.87 Å². The number of benzene rings is 2. The lowest BCUT2D eigenvalue weighted by atomic mass is 9.83. The van der Waals surface area contributed by atoms with Gasteiger partial charge in [-0.2, -0.15) is 0 Å². The monoisotopic (exact) mass is 469 g/mol. The Hall–Kier alpha value is -2.93. The smallest absolute Gasteiger partial charge is 0.307 e. The Kier molecular flexibility index (Phi) is 6.43. The molecule has 4 rings (SSSR count). The van der Waals surface area contributed by atoms with Crippen LogP contribution in [0.15, 0.2) is 29.1 Å². The van der Waals surface area contributed by atoms with Crippen LogP contribution in [0.2, 0.25) is 0 Å². The molecule has 7 heteroatoms. The van der Waals surface area contributed by atoms with E-state index < -0.39 is 0 Å². The van der Waals surface area contributed by atoms with E-state index in [1.807, 2.05) is 45.0 Å². The number of ether oxygens (including phenoxy) is 2. The predicted molar refractivity (Wildman–Crippen MR) is 130 cm³/mol. The van der Waals surface area contributed by atoms with E-state index in [0.717, 1.165) is 76.3 Å². The molecule has 0 saturated heterocycles. The van der Waals surface area contributed by atoms with Crippen LogP contribution >= 0.6 is 11.3 Å². The van der Waals surface area contributed by atoms with Gasteiger partial charge in [-0.05, 0) is 74.4 Å². The minimum atomic E-state index is -0.281. The third kappa shape index (κ3) is 4.60. The molecule has 2 heterocycles. The first-order valence-corrected chi connectivity index (χ1v) is 12.2. The summed E-state index contributed by atoms with van der Waals surface area (Å²) in [7, 11) is 0. The fraction of sp³-hybridized carbons (Fsp3) is 0.423. The summed E-state index contributed by atoms with van der Waals surface area (Å²) < 4.78 is 12.6. The Morgan fingerprint density at radius 3 is 2.48 bits per heavy atom. The molecule has 176 valence electrons. The molecule has 0 amide bonds. The molecular formula is C26H31NO5S. The van der Waals surface area contributed by atoms with Gasteiger partial charge in [-0.25, -0.2) is 0 Å². The molecule has 0 bridgehead atoms. The number of fused-ring (bicyclic) bond motifs is 1. The average Bonchev–Trinajstić information content (AvgIpc) is 3.13. The summed E-state index contributed by atoms with van der Waals surface area (Å²) in [4.78, 5) is 14.1. The Bertz CT molecular complexity index is 1210. The first-order chi connectivity index (χ1) is 15.7. The lowest BCUT2D eigenvalue weighted by Gasteiger charge is -2.40. The minimum absolute atomic E-state index is 0.0555. The Morgan fingerprint density at radius 2 is 1.85 bits per heavy atom.